The van der Waals surface area contributed by atoms with Crippen LogP contribution in [0.1, 0.15) is 26.3 Å². The van der Waals surface area contributed by atoms with Gasteiger partial charge in [0.1, 0.15) is 11.6 Å². The lowest BCUT2D eigenvalue weighted by Gasteiger charge is -2.21. The van der Waals surface area contributed by atoms with Crippen molar-refractivity contribution in [1.29, 1.82) is 0 Å². The summed E-state index contributed by atoms with van der Waals surface area (Å²) in [7, 11) is -4.03. The summed E-state index contributed by atoms with van der Waals surface area (Å²) >= 11 is 0. The summed E-state index contributed by atoms with van der Waals surface area (Å²) in [6.45, 7) is 6.31. The number of aliphatic carboxylic acids is 1. The third-order valence-electron chi connectivity index (χ3n) is 2.78. The van der Waals surface area contributed by atoms with Gasteiger partial charge in [0.25, 0.3) is 0 Å². The highest BCUT2D eigenvalue weighted by atomic mass is 32.2. The van der Waals surface area contributed by atoms with Crippen molar-refractivity contribution in [1.82, 2.24) is 10.0 Å². The number of carboxylic acids is 1. The van der Waals surface area contributed by atoms with Gasteiger partial charge < -0.3 is 15.2 Å². The number of benzene rings is 1. The van der Waals surface area contributed by atoms with Crippen molar-refractivity contribution in [2.24, 2.45) is 0 Å². The van der Waals surface area contributed by atoms with E-state index in [0.29, 0.717) is 0 Å². The molecular weight excluding hydrogens is 336 g/mol. The lowest BCUT2D eigenvalue weighted by Crippen LogP contribution is -2.49. The number of sulfonamides is 1. The molecule has 0 aliphatic carbocycles. The van der Waals surface area contributed by atoms with Crippen molar-refractivity contribution in [2.75, 3.05) is 6.54 Å². The fourth-order valence-electron chi connectivity index (χ4n) is 1.65. The zero-order valence-corrected chi connectivity index (χ0v) is 14.8. The first kappa shape index (κ1) is 19.9. The molecule has 0 aliphatic heterocycles. The minimum Gasteiger partial charge on any atom is -0.480 e. The second-order valence-corrected chi connectivity index (χ2v) is 7.92. The molecule has 3 N–H and O–H groups in total. The summed E-state index contributed by atoms with van der Waals surface area (Å²) in [5.41, 5.74) is 0.125. The summed E-state index contributed by atoms with van der Waals surface area (Å²) in [6.07, 6.45) is -0.830. The monoisotopic (exact) mass is 358 g/mol. The highest BCUT2D eigenvalue weighted by molar-refractivity contribution is 7.89. The molecule has 134 valence electrons. The van der Waals surface area contributed by atoms with Gasteiger partial charge in [-0.1, -0.05) is 17.7 Å². The van der Waals surface area contributed by atoms with Crippen molar-refractivity contribution in [3.8, 4) is 0 Å². The van der Waals surface area contributed by atoms with Crippen LogP contribution in [0, 0.1) is 6.92 Å². The number of amides is 1. The highest BCUT2D eigenvalue weighted by Crippen LogP contribution is 2.11. The third-order valence-corrected chi connectivity index (χ3v) is 4.26. The Kier molecular flexibility index (Phi) is 6.33. The van der Waals surface area contributed by atoms with Crippen molar-refractivity contribution in [2.45, 2.75) is 44.2 Å². The number of rotatable bonds is 6. The standard InChI is InChI=1S/C15H22N2O6S/c1-10-5-7-11(8-6-10)24(21,22)17-12(13(18)19)9-16-14(20)23-15(2,3)4/h5-8,12,17H,9H2,1-4H3,(H,16,20)(H,18,19)/t12-/m0/s1. The Hall–Kier alpha value is -2.13. The van der Waals surface area contributed by atoms with E-state index in [9.17, 15) is 18.0 Å². The predicted molar refractivity (Wildman–Crippen MR) is 87.2 cm³/mol. The van der Waals surface area contributed by atoms with Gasteiger partial charge in [0, 0.05) is 6.54 Å². The van der Waals surface area contributed by atoms with Crippen LogP contribution in [0.25, 0.3) is 0 Å². The molecule has 1 aromatic rings. The summed E-state index contributed by atoms with van der Waals surface area (Å²) in [4.78, 5) is 22.7. The Morgan fingerprint density at radius 2 is 1.75 bits per heavy atom. The summed E-state index contributed by atoms with van der Waals surface area (Å²) in [5.74, 6) is -1.42. The maximum Gasteiger partial charge on any atom is 0.407 e. The lowest BCUT2D eigenvalue weighted by atomic mass is 10.2. The fourth-order valence-corrected chi connectivity index (χ4v) is 2.84. The molecule has 0 aliphatic rings. The number of nitrogens with one attached hydrogen (secondary N) is 2. The van der Waals surface area contributed by atoms with Gasteiger partial charge in [0.05, 0.1) is 4.90 Å². The van der Waals surface area contributed by atoms with Gasteiger partial charge in [-0.25, -0.2) is 13.2 Å². The van der Waals surface area contributed by atoms with Gasteiger partial charge in [0.2, 0.25) is 10.0 Å². The van der Waals surface area contributed by atoms with Crippen molar-refractivity contribution < 1.29 is 27.9 Å². The first-order valence-corrected chi connectivity index (χ1v) is 8.68. The first-order chi connectivity index (χ1) is 10.9. The minimum absolute atomic E-state index is 0.0587. The topological polar surface area (TPSA) is 122 Å². The number of alkyl carbamates (subject to hydrolysis) is 1. The lowest BCUT2D eigenvalue weighted by molar-refractivity contribution is -0.138. The number of carbonyl (C=O) groups is 2. The maximum atomic E-state index is 12.2. The Labute approximate surface area is 141 Å². The molecule has 0 heterocycles. The second-order valence-electron chi connectivity index (χ2n) is 6.21. The zero-order chi connectivity index (χ0) is 18.5. The second kappa shape index (κ2) is 7.63. The quantitative estimate of drug-likeness (QED) is 0.703. The van der Waals surface area contributed by atoms with Crippen molar-refractivity contribution in [3.05, 3.63) is 29.8 Å². The molecular formula is C15H22N2O6S. The molecule has 0 saturated heterocycles. The van der Waals surface area contributed by atoms with E-state index in [1.807, 2.05) is 4.72 Å². The molecule has 0 unspecified atom stereocenters. The van der Waals surface area contributed by atoms with Gasteiger partial charge in [-0.15, -0.1) is 0 Å². The van der Waals surface area contributed by atoms with E-state index < -0.39 is 40.3 Å². The number of carbonyl (C=O) groups excluding carboxylic acids is 1. The van der Waals surface area contributed by atoms with E-state index in [1.54, 1.807) is 39.8 Å². The molecule has 1 amide bonds. The van der Waals surface area contributed by atoms with Crippen LogP contribution in [-0.2, 0) is 19.6 Å². The van der Waals surface area contributed by atoms with Gasteiger partial charge in [-0.2, -0.15) is 4.72 Å². The number of carboxylic acid groups (broad SMARTS) is 1. The highest BCUT2D eigenvalue weighted by Gasteiger charge is 2.26. The number of hydrogen-bond acceptors (Lipinski definition) is 5. The Morgan fingerprint density at radius 3 is 2.21 bits per heavy atom. The minimum atomic E-state index is -4.03. The smallest absolute Gasteiger partial charge is 0.407 e. The number of ether oxygens (including phenoxy) is 1. The Morgan fingerprint density at radius 1 is 1.21 bits per heavy atom. The molecule has 0 aromatic heterocycles. The van der Waals surface area contributed by atoms with E-state index in [-0.39, 0.29) is 4.90 Å². The van der Waals surface area contributed by atoms with Crippen LogP contribution in [0.15, 0.2) is 29.2 Å². The van der Waals surface area contributed by atoms with Crippen LogP contribution in [-0.4, -0.2) is 43.8 Å². The largest absolute Gasteiger partial charge is 0.480 e. The van der Waals surface area contributed by atoms with Gasteiger partial charge >= 0.3 is 12.1 Å². The van der Waals surface area contributed by atoms with E-state index in [4.69, 9.17) is 9.84 Å². The zero-order valence-electron chi connectivity index (χ0n) is 14.0. The average molecular weight is 358 g/mol. The molecule has 0 radical (unpaired) electrons. The van der Waals surface area contributed by atoms with E-state index in [2.05, 4.69) is 5.32 Å². The predicted octanol–water partition coefficient (Wildman–Crippen LogP) is 1.25. The molecule has 1 atom stereocenters. The van der Waals surface area contributed by atoms with Crippen LogP contribution >= 0.6 is 0 Å². The van der Waals surface area contributed by atoms with Crippen LogP contribution in [0.4, 0.5) is 4.79 Å². The molecule has 8 nitrogen and oxygen atoms in total. The molecule has 9 heteroatoms. The Balaban J connectivity index is 2.77. The number of hydrogen-bond donors (Lipinski definition) is 3. The average Bonchev–Trinajstić information content (AvgIpc) is 2.41. The molecule has 0 bridgehead atoms. The SMILES string of the molecule is Cc1ccc(S(=O)(=O)N[C@@H](CNC(=O)OC(C)(C)C)C(=O)O)cc1. The van der Waals surface area contributed by atoms with Crippen LogP contribution < -0.4 is 10.0 Å². The molecule has 24 heavy (non-hydrogen) atoms. The van der Waals surface area contributed by atoms with Gasteiger partial charge in [-0.05, 0) is 39.8 Å². The molecule has 0 fully saturated rings. The summed E-state index contributed by atoms with van der Waals surface area (Å²) < 4.78 is 31.5. The van der Waals surface area contributed by atoms with Crippen LogP contribution in [0.3, 0.4) is 0 Å². The number of aryl methyl sites for hydroxylation is 1. The van der Waals surface area contributed by atoms with Gasteiger partial charge in [-0.3, -0.25) is 4.79 Å². The molecule has 1 rings (SSSR count). The van der Waals surface area contributed by atoms with Crippen LogP contribution in [0.2, 0.25) is 0 Å². The summed E-state index contributed by atoms with van der Waals surface area (Å²) in [5, 5.41) is 11.4. The fraction of sp³-hybridized carbons (Fsp3) is 0.467. The normalized spacial score (nSPS) is 13.2. The summed E-state index contributed by atoms with van der Waals surface area (Å²) in [6, 6.07) is 4.42. The van der Waals surface area contributed by atoms with Crippen LogP contribution in [0.5, 0.6) is 0 Å². The first-order valence-electron chi connectivity index (χ1n) is 7.19. The van der Waals surface area contributed by atoms with E-state index in [1.165, 1.54) is 12.1 Å². The van der Waals surface area contributed by atoms with Crippen molar-refractivity contribution >= 4 is 22.1 Å². The molecule has 0 spiro atoms. The third kappa shape index (κ3) is 6.55. The maximum absolute atomic E-state index is 12.2. The van der Waals surface area contributed by atoms with E-state index >= 15 is 0 Å². The van der Waals surface area contributed by atoms with Gasteiger partial charge in [0.15, 0.2) is 0 Å². The molecule has 0 saturated carbocycles. The van der Waals surface area contributed by atoms with E-state index in [0.717, 1.165) is 5.56 Å². The Bertz CT molecular complexity index is 692. The molecule has 1 aromatic carbocycles. The van der Waals surface area contributed by atoms with Crippen molar-refractivity contribution in [3.63, 3.8) is 0 Å².